The van der Waals surface area contributed by atoms with Crippen LogP contribution in [0.3, 0.4) is 0 Å². The molecule has 0 saturated carbocycles. The predicted octanol–water partition coefficient (Wildman–Crippen LogP) is 8.99. The molecule has 0 aliphatic heterocycles. The molecule has 5 heteroatoms. The molecule has 0 bridgehead atoms. The number of benzene rings is 1. The normalized spacial score (nSPS) is 11.0. The van der Waals surface area contributed by atoms with Gasteiger partial charge in [0, 0.05) is 6.54 Å². The summed E-state index contributed by atoms with van der Waals surface area (Å²) in [6.07, 6.45) is 21.4. The van der Waals surface area contributed by atoms with Crippen molar-refractivity contribution in [3.05, 3.63) is 53.7 Å². The second-order valence-corrected chi connectivity index (χ2v) is 9.57. The van der Waals surface area contributed by atoms with Crippen molar-refractivity contribution in [2.24, 2.45) is 0 Å². The molecule has 0 spiro atoms. The van der Waals surface area contributed by atoms with Gasteiger partial charge in [-0.05, 0) is 42.8 Å². The molecule has 0 atom stereocenters. The number of amides is 1. The van der Waals surface area contributed by atoms with E-state index < -0.39 is 0 Å². The Balaban J connectivity index is 1.38. The molecule has 0 fully saturated rings. The first-order valence-corrected chi connectivity index (χ1v) is 13.9. The van der Waals surface area contributed by atoms with E-state index in [0.717, 1.165) is 12.8 Å². The van der Waals surface area contributed by atoms with Gasteiger partial charge in [-0.1, -0.05) is 103 Å². The first-order valence-electron chi connectivity index (χ1n) is 13.9. The van der Waals surface area contributed by atoms with Crippen LogP contribution in [0.4, 0.5) is 4.39 Å². The minimum absolute atomic E-state index is 0.192. The molecule has 0 radical (unpaired) electrons. The molecule has 4 nitrogen and oxygen atoms in total. The van der Waals surface area contributed by atoms with Gasteiger partial charge in [0.25, 0.3) is 5.91 Å². The number of unbranched alkanes of at least 4 members (excludes halogenated alkanes) is 15. The van der Waals surface area contributed by atoms with Gasteiger partial charge in [-0.25, -0.2) is 4.39 Å². The van der Waals surface area contributed by atoms with Crippen molar-refractivity contribution in [3.8, 4) is 5.75 Å². The van der Waals surface area contributed by atoms with Gasteiger partial charge in [0.2, 0.25) is 0 Å². The van der Waals surface area contributed by atoms with Gasteiger partial charge in [-0.3, -0.25) is 4.79 Å². The lowest BCUT2D eigenvalue weighted by atomic mass is 10.0. The summed E-state index contributed by atoms with van der Waals surface area (Å²) in [6, 6.07) is 9.19. The van der Waals surface area contributed by atoms with Crippen molar-refractivity contribution in [1.82, 2.24) is 5.32 Å². The number of carbonyl (C=O) groups is 1. The Hall–Kier alpha value is -2.30. The molecule has 1 amide bonds. The van der Waals surface area contributed by atoms with Gasteiger partial charge in [-0.15, -0.1) is 0 Å². The summed E-state index contributed by atoms with van der Waals surface area (Å²) < 4.78 is 24.0. The first-order chi connectivity index (χ1) is 17.2. The number of carbonyl (C=O) groups excluding carboxylic acids is 1. The van der Waals surface area contributed by atoms with Crippen molar-refractivity contribution < 1.29 is 18.3 Å². The molecule has 0 unspecified atom stereocenters. The summed E-state index contributed by atoms with van der Waals surface area (Å²) in [5.41, 5.74) is 0. The van der Waals surface area contributed by atoms with Crippen LogP contribution in [0.15, 0.2) is 40.8 Å². The fourth-order valence-corrected chi connectivity index (χ4v) is 4.22. The first kappa shape index (κ1) is 28.9. The van der Waals surface area contributed by atoms with Gasteiger partial charge in [0.15, 0.2) is 5.76 Å². The quantitative estimate of drug-likeness (QED) is 0.179. The fraction of sp³-hybridized carbons (Fsp3) is 0.633. The largest absolute Gasteiger partial charge is 0.486 e. The van der Waals surface area contributed by atoms with E-state index >= 15 is 0 Å². The molecule has 35 heavy (non-hydrogen) atoms. The van der Waals surface area contributed by atoms with Gasteiger partial charge in [-0.2, -0.15) is 0 Å². The topological polar surface area (TPSA) is 51.5 Å². The highest BCUT2D eigenvalue weighted by Crippen LogP contribution is 2.16. The van der Waals surface area contributed by atoms with Crippen LogP contribution in [-0.2, 0) is 6.61 Å². The molecule has 1 N–H and O–H groups in total. The highest BCUT2D eigenvalue weighted by atomic mass is 19.1. The van der Waals surface area contributed by atoms with Gasteiger partial charge in [0.1, 0.15) is 23.9 Å². The molecular formula is C30H46FNO3. The Morgan fingerprint density at radius 1 is 0.743 bits per heavy atom. The second-order valence-electron chi connectivity index (χ2n) is 9.57. The zero-order valence-corrected chi connectivity index (χ0v) is 21.8. The lowest BCUT2D eigenvalue weighted by Crippen LogP contribution is -2.23. The van der Waals surface area contributed by atoms with Gasteiger partial charge < -0.3 is 14.5 Å². The summed E-state index contributed by atoms with van der Waals surface area (Å²) in [6.45, 7) is 3.13. The van der Waals surface area contributed by atoms with Crippen molar-refractivity contribution >= 4 is 5.91 Å². The number of hydrogen-bond donors (Lipinski definition) is 1. The van der Waals surface area contributed by atoms with Crippen LogP contribution in [0.25, 0.3) is 0 Å². The number of nitrogens with one attached hydrogen (secondary N) is 1. The van der Waals surface area contributed by atoms with Crippen molar-refractivity contribution in [2.45, 2.75) is 116 Å². The molecular weight excluding hydrogens is 441 g/mol. The van der Waals surface area contributed by atoms with Crippen LogP contribution in [-0.4, -0.2) is 12.5 Å². The Bertz CT molecular complexity index is 787. The van der Waals surface area contributed by atoms with E-state index in [1.165, 1.54) is 102 Å². The maximum atomic E-state index is 12.9. The smallest absolute Gasteiger partial charge is 0.286 e. The van der Waals surface area contributed by atoms with Crippen LogP contribution in [0.1, 0.15) is 126 Å². The molecule has 2 rings (SSSR count). The summed E-state index contributed by atoms with van der Waals surface area (Å²) in [7, 11) is 0. The number of rotatable bonds is 21. The summed E-state index contributed by atoms with van der Waals surface area (Å²) >= 11 is 0. The standard InChI is InChI=1S/C30H46FNO3/c1-2-3-4-5-6-7-8-9-10-11-12-13-14-15-16-17-24-32-30(33)29-23-22-28(35-29)25-34-27-20-18-26(31)19-21-27/h18-23H,2-17,24-25H2,1H3,(H,32,33). The maximum absolute atomic E-state index is 12.9. The Morgan fingerprint density at radius 3 is 1.80 bits per heavy atom. The Labute approximate surface area is 212 Å². The molecule has 0 saturated heterocycles. The van der Waals surface area contributed by atoms with Crippen molar-refractivity contribution in [3.63, 3.8) is 0 Å². The summed E-state index contributed by atoms with van der Waals surface area (Å²) in [4.78, 5) is 12.2. The number of hydrogen-bond acceptors (Lipinski definition) is 3. The molecule has 1 aromatic carbocycles. The lowest BCUT2D eigenvalue weighted by molar-refractivity contribution is 0.0921. The molecule has 0 aliphatic carbocycles. The molecule has 196 valence electrons. The number of ether oxygens (including phenoxy) is 1. The zero-order valence-electron chi connectivity index (χ0n) is 21.8. The van der Waals surface area contributed by atoms with E-state index in [1.807, 2.05) is 0 Å². The summed E-state index contributed by atoms with van der Waals surface area (Å²) in [5, 5.41) is 2.93. The number of furan rings is 1. The van der Waals surface area contributed by atoms with E-state index in [0.29, 0.717) is 23.8 Å². The third-order valence-corrected chi connectivity index (χ3v) is 6.40. The second kappa shape index (κ2) is 19.0. The van der Waals surface area contributed by atoms with E-state index in [-0.39, 0.29) is 18.3 Å². The van der Waals surface area contributed by atoms with Crippen LogP contribution >= 0.6 is 0 Å². The molecule has 0 aliphatic rings. The third kappa shape index (κ3) is 14.0. The lowest BCUT2D eigenvalue weighted by Gasteiger charge is -2.05. The van der Waals surface area contributed by atoms with E-state index in [9.17, 15) is 9.18 Å². The zero-order chi connectivity index (χ0) is 25.0. The minimum atomic E-state index is -0.307. The third-order valence-electron chi connectivity index (χ3n) is 6.40. The molecule has 1 aromatic heterocycles. The minimum Gasteiger partial charge on any atom is -0.486 e. The van der Waals surface area contributed by atoms with E-state index in [4.69, 9.17) is 9.15 Å². The highest BCUT2D eigenvalue weighted by Gasteiger charge is 2.11. The van der Waals surface area contributed by atoms with Crippen LogP contribution in [0.2, 0.25) is 0 Å². The van der Waals surface area contributed by atoms with Crippen LogP contribution in [0, 0.1) is 5.82 Å². The van der Waals surface area contributed by atoms with Crippen LogP contribution < -0.4 is 10.1 Å². The Morgan fingerprint density at radius 2 is 1.26 bits per heavy atom. The average molecular weight is 488 g/mol. The van der Waals surface area contributed by atoms with Crippen molar-refractivity contribution in [2.75, 3.05) is 6.54 Å². The molecule has 1 heterocycles. The van der Waals surface area contributed by atoms with Gasteiger partial charge >= 0.3 is 0 Å². The van der Waals surface area contributed by atoms with E-state index in [1.54, 1.807) is 24.3 Å². The fourth-order valence-electron chi connectivity index (χ4n) is 4.22. The monoisotopic (exact) mass is 487 g/mol. The number of halogens is 1. The Kier molecular flexibility index (Phi) is 15.7. The highest BCUT2D eigenvalue weighted by molar-refractivity contribution is 5.91. The molecule has 2 aromatic rings. The summed E-state index contributed by atoms with van der Waals surface area (Å²) in [5.74, 6) is 0.899. The van der Waals surface area contributed by atoms with Gasteiger partial charge in [0.05, 0.1) is 0 Å². The van der Waals surface area contributed by atoms with Crippen LogP contribution in [0.5, 0.6) is 5.75 Å². The SMILES string of the molecule is CCCCCCCCCCCCCCCCCCNC(=O)c1ccc(COc2ccc(F)cc2)o1. The average Bonchev–Trinajstić information content (AvgIpc) is 3.35. The van der Waals surface area contributed by atoms with Crippen molar-refractivity contribution in [1.29, 1.82) is 0 Å². The predicted molar refractivity (Wildman–Crippen MR) is 141 cm³/mol. The maximum Gasteiger partial charge on any atom is 0.286 e. The van der Waals surface area contributed by atoms with E-state index in [2.05, 4.69) is 12.2 Å².